The highest BCUT2D eigenvalue weighted by atomic mass is 79.9. The molecule has 0 amide bonds. The summed E-state index contributed by atoms with van der Waals surface area (Å²) < 4.78 is 42.8. The molecule has 12 unspecified atom stereocenters. The summed E-state index contributed by atoms with van der Waals surface area (Å²) in [4.78, 5) is 0. The molecule has 6 aliphatic carbocycles. The van der Waals surface area contributed by atoms with E-state index in [9.17, 15) is 13.2 Å². The predicted octanol–water partition coefficient (Wildman–Crippen LogP) is 13.3. The zero-order valence-corrected chi connectivity index (χ0v) is 42.4. The van der Waals surface area contributed by atoms with Gasteiger partial charge in [0.2, 0.25) is 0 Å². The number of alkyl halides is 3. The molecule has 1 aromatic heterocycles. The average Bonchev–Trinajstić information content (AvgIpc) is 4.01. The molecule has 6 fully saturated rings. The van der Waals surface area contributed by atoms with Crippen LogP contribution in [0.5, 0.6) is 5.75 Å². The highest BCUT2D eigenvalue weighted by molar-refractivity contribution is 9.10. The highest BCUT2D eigenvalue weighted by Gasteiger charge is 2.38. The van der Waals surface area contributed by atoms with Crippen molar-refractivity contribution in [1.29, 1.82) is 0 Å². The number of thiophene rings is 1. The lowest BCUT2D eigenvalue weighted by atomic mass is 10.0. The Bertz CT molecular complexity index is 2700. The van der Waals surface area contributed by atoms with Gasteiger partial charge < -0.3 is 33.4 Å². The van der Waals surface area contributed by atoms with Crippen LogP contribution in [0.15, 0.2) is 167 Å². The second-order valence-corrected chi connectivity index (χ2v) is 21.5. The van der Waals surface area contributed by atoms with Gasteiger partial charge in [-0.2, -0.15) is 24.5 Å². The summed E-state index contributed by atoms with van der Waals surface area (Å²) >= 11 is 5.21. The molecule has 70 heavy (non-hydrogen) atoms. The third-order valence-electron chi connectivity index (χ3n) is 14.2. The van der Waals surface area contributed by atoms with Crippen LogP contribution >= 0.6 is 27.3 Å². The zero-order chi connectivity index (χ0) is 49.5. The number of halogens is 4. The van der Waals surface area contributed by atoms with Crippen LogP contribution in [-0.2, 0) is 6.18 Å². The quantitative estimate of drug-likeness (QED) is 0.108. The number of nitrogens with two attached hydrogens (primary N) is 5. The average molecular weight is 1030 g/mol. The zero-order valence-electron chi connectivity index (χ0n) is 40.0. The maximum Gasteiger partial charge on any atom is 0.416 e. The molecule has 6 aliphatic rings. The maximum atomic E-state index is 12.2. The fourth-order valence-corrected chi connectivity index (χ4v) is 9.98. The summed E-state index contributed by atoms with van der Waals surface area (Å²) in [6.45, 7) is 2.32. The molecule has 0 radical (unpaired) electrons. The molecular weight excluding hydrogens is 964 g/mol. The van der Waals surface area contributed by atoms with E-state index >= 15 is 0 Å². The van der Waals surface area contributed by atoms with Gasteiger partial charge in [0.15, 0.2) is 0 Å². The van der Waals surface area contributed by atoms with Gasteiger partial charge in [-0.15, -0.1) is 0 Å². The third-order valence-corrected chi connectivity index (χ3v) is 15.5. The van der Waals surface area contributed by atoms with E-state index in [0.29, 0.717) is 47.8 Å². The Morgan fingerprint density at radius 1 is 0.486 bits per heavy atom. The summed E-state index contributed by atoms with van der Waals surface area (Å²) in [6, 6.07) is 51.3. The van der Waals surface area contributed by atoms with Gasteiger partial charge in [-0.3, -0.25) is 0 Å². The number of benzene rings is 6. The normalized spacial score (nSPS) is 27.9. The van der Waals surface area contributed by atoms with E-state index in [1.807, 2.05) is 29.5 Å². The smallest absolute Gasteiger partial charge is 0.416 e. The van der Waals surface area contributed by atoms with Crippen molar-refractivity contribution < 1.29 is 17.9 Å². The van der Waals surface area contributed by atoms with Gasteiger partial charge in [-0.05, 0) is 148 Å². The maximum absolute atomic E-state index is 12.2. The van der Waals surface area contributed by atoms with Crippen molar-refractivity contribution in [2.24, 2.45) is 34.6 Å². The second-order valence-electron chi connectivity index (χ2n) is 19.8. The van der Waals surface area contributed by atoms with Crippen LogP contribution < -0.4 is 33.4 Å². The van der Waals surface area contributed by atoms with Crippen molar-refractivity contribution in [1.82, 2.24) is 0 Å². The van der Waals surface area contributed by atoms with E-state index in [1.54, 1.807) is 12.7 Å². The monoisotopic (exact) mass is 1030 g/mol. The summed E-state index contributed by atoms with van der Waals surface area (Å²) in [5.41, 5.74) is 36.1. The molecule has 0 spiro atoms. The molecule has 12 atom stereocenters. The number of ether oxygens (including phenoxy) is 1. The van der Waals surface area contributed by atoms with Crippen LogP contribution in [0.4, 0.5) is 13.2 Å². The highest BCUT2D eigenvalue weighted by Crippen LogP contribution is 2.47. The van der Waals surface area contributed by atoms with E-state index in [2.05, 4.69) is 143 Å². The minimum atomic E-state index is -4.25. The van der Waals surface area contributed by atoms with Crippen molar-refractivity contribution in [2.75, 3.05) is 7.11 Å². The first-order valence-corrected chi connectivity index (χ1v) is 26.3. The van der Waals surface area contributed by atoms with E-state index in [-0.39, 0.29) is 12.0 Å². The van der Waals surface area contributed by atoms with Crippen LogP contribution in [0.1, 0.15) is 120 Å². The van der Waals surface area contributed by atoms with Crippen LogP contribution in [0, 0.1) is 5.92 Å². The number of hydrogen-bond donors (Lipinski definition) is 5. The number of hydrogen-bond acceptors (Lipinski definition) is 7. The first kappa shape index (κ1) is 51.5. The Kier molecular flexibility index (Phi) is 17.0. The van der Waals surface area contributed by atoms with Gasteiger partial charge >= 0.3 is 6.18 Å². The first-order valence-electron chi connectivity index (χ1n) is 24.6. The summed E-state index contributed by atoms with van der Waals surface area (Å²) in [7, 11) is 1.68. The molecule has 6 aromatic carbocycles. The Balaban J connectivity index is 0.000000114. The van der Waals surface area contributed by atoms with Gasteiger partial charge in [0.1, 0.15) is 5.75 Å². The molecule has 7 aromatic rings. The lowest BCUT2D eigenvalue weighted by Gasteiger charge is -2.06. The number of rotatable bonds is 7. The molecule has 6 nitrogen and oxygen atoms in total. The minimum absolute atomic E-state index is 0.131. The Morgan fingerprint density at radius 3 is 1.34 bits per heavy atom. The molecule has 0 bridgehead atoms. The van der Waals surface area contributed by atoms with E-state index in [1.165, 1.54) is 58.0 Å². The molecule has 0 saturated heterocycles. The molecule has 13 rings (SSSR count). The summed E-state index contributed by atoms with van der Waals surface area (Å²) in [5.74, 6) is 5.52. The summed E-state index contributed by atoms with van der Waals surface area (Å²) in [5, 5.41) is 7.13. The van der Waals surface area contributed by atoms with Crippen molar-refractivity contribution in [3.05, 3.63) is 206 Å². The van der Waals surface area contributed by atoms with Crippen LogP contribution in [0.3, 0.4) is 0 Å². The van der Waals surface area contributed by atoms with Crippen LogP contribution in [0.2, 0.25) is 0 Å². The first-order chi connectivity index (χ1) is 33.7. The molecule has 1 heterocycles. The van der Waals surface area contributed by atoms with Crippen LogP contribution in [-0.4, -0.2) is 37.3 Å². The molecular formula is C59H67BrF3N5OS. The third kappa shape index (κ3) is 14.6. The fraction of sp³-hybridized carbons (Fsp3) is 0.356. The number of methoxy groups -OCH3 is 1. The Hall–Kier alpha value is -4.85. The van der Waals surface area contributed by atoms with E-state index < -0.39 is 11.7 Å². The van der Waals surface area contributed by atoms with Crippen molar-refractivity contribution in [2.45, 2.75) is 117 Å². The molecule has 368 valence electrons. The largest absolute Gasteiger partial charge is 0.497 e. The Labute approximate surface area is 424 Å². The van der Waals surface area contributed by atoms with Crippen molar-refractivity contribution in [3.8, 4) is 5.75 Å². The van der Waals surface area contributed by atoms with Gasteiger partial charge in [-0.1, -0.05) is 132 Å². The summed E-state index contributed by atoms with van der Waals surface area (Å²) in [6.07, 6.45) is 2.65. The van der Waals surface area contributed by atoms with E-state index in [4.69, 9.17) is 33.4 Å². The SMILES string of the molecule is CC1CC1c1ccsc1.COc1ccc(C2CC2N)cc1.NC1CC1c1ccc(Br)cc1.NC1CC1c1ccc(C(F)(F)F)cc1.NC1CC1c1cccc2ccccc12.NC1CC1c1ccccc1. The Morgan fingerprint density at radius 2 is 0.914 bits per heavy atom. The molecule has 6 saturated carbocycles. The lowest BCUT2D eigenvalue weighted by Crippen LogP contribution is -2.05. The van der Waals surface area contributed by atoms with E-state index in [0.717, 1.165) is 65.4 Å². The molecule has 10 N–H and O–H groups in total. The topological polar surface area (TPSA) is 139 Å². The number of fused-ring (bicyclic) bond motifs is 1. The van der Waals surface area contributed by atoms with Gasteiger partial charge in [0.05, 0.1) is 12.7 Å². The second kappa shape index (κ2) is 23.1. The predicted molar refractivity (Wildman–Crippen MR) is 286 cm³/mol. The lowest BCUT2D eigenvalue weighted by molar-refractivity contribution is -0.137. The van der Waals surface area contributed by atoms with Gasteiger partial charge in [0, 0.05) is 64.3 Å². The van der Waals surface area contributed by atoms with Crippen LogP contribution in [0.25, 0.3) is 10.8 Å². The molecule has 0 aliphatic heterocycles. The molecule has 11 heteroatoms. The van der Waals surface area contributed by atoms with Crippen molar-refractivity contribution in [3.63, 3.8) is 0 Å². The standard InChI is InChI=1S/C13H13N.C10H10F3N.C10H13NO.C9H10BrN.C9H11N.C8H10S/c14-13-8-12(13)11-7-3-5-9-4-1-2-6-10(9)11;11-10(12,13)7-3-1-6(2-4-7)8-5-9(8)14;1-12-8-4-2-7(3-5-8)9-6-10(9)11;10-7-3-1-6(2-4-7)8-5-9(8)11;10-9-6-8(9)7-4-2-1-3-5-7;1-6-4-8(6)7-2-3-9-5-7/h1-7,12-13H,8,14H2;1-4,8-9H,5,14H2;2-5,9-10H,6,11H2,1H3;1-4,8-9H,5,11H2;1-5,8-9H,6,10H2;2-3,5-6,8H,4H2,1H3. The van der Waals surface area contributed by atoms with Gasteiger partial charge in [0.25, 0.3) is 0 Å². The van der Waals surface area contributed by atoms with Gasteiger partial charge in [-0.25, -0.2) is 0 Å². The minimum Gasteiger partial charge on any atom is -0.497 e. The fourth-order valence-electron chi connectivity index (χ4n) is 8.99. The van der Waals surface area contributed by atoms with Crippen molar-refractivity contribution >= 4 is 38.0 Å².